The second-order valence-electron chi connectivity index (χ2n) is 5.69. The van der Waals surface area contributed by atoms with Crippen LogP contribution in [0.4, 0.5) is 0 Å². The van der Waals surface area contributed by atoms with Crippen LogP contribution in [0.3, 0.4) is 0 Å². The predicted molar refractivity (Wildman–Crippen MR) is 108 cm³/mol. The number of sulfonamides is 1. The van der Waals surface area contributed by atoms with Gasteiger partial charge in [0, 0.05) is 5.02 Å². The number of nitrogens with one attached hydrogen (secondary N) is 1. The number of hydrogen-bond acceptors (Lipinski definition) is 3. The molecular formula is C18H21Cl3N2O2S. The van der Waals surface area contributed by atoms with Crippen LogP contribution in [-0.2, 0) is 14.4 Å². The molecule has 1 N–H and O–H groups in total. The Labute approximate surface area is 170 Å². The number of nitrogens with zero attached hydrogens (tertiary/aromatic N) is 1. The Morgan fingerprint density at radius 3 is 2.04 bits per heavy atom. The molecular weight excluding hydrogens is 415 g/mol. The molecule has 0 radical (unpaired) electrons. The van der Waals surface area contributed by atoms with Crippen LogP contribution in [-0.4, -0.2) is 32.6 Å². The lowest BCUT2D eigenvalue weighted by Crippen LogP contribution is -2.55. The number of likely N-dealkylation sites (N-methyl/N-ethyl adjacent to an activating group) is 1. The van der Waals surface area contributed by atoms with Crippen LogP contribution in [0.25, 0.3) is 0 Å². The lowest BCUT2D eigenvalue weighted by molar-refractivity contribution is 0.187. The molecule has 0 saturated carbocycles. The van der Waals surface area contributed by atoms with Crippen molar-refractivity contribution < 1.29 is 8.42 Å². The van der Waals surface area contributed by atoms with E-state index in [0.717, 1.165) is 0 Å². The highest BCUT2D eigenvalue weighted by atomic mass is 35.5. The number of rotatable bonds is 8. The average Bonchev–Trinajstić information content (AvgIpc) is 2.63. The van der Waals surface area contributed by atoms with Gasteiger partial charge in [0.05, 0.1) is 4.90 Å². The maximum absolute atomic E-state index is 12.9. The molecule has 0 aliphatic carbocycles. The molecule has 0 aromatic heterocycles. The van der Waals surface area contributed by atoms with Gasteiger partial charge in [0.25, 0.3) is 0 Å². The van der Waals surface area contributed by atoms with Crippen molar-refractivity contribution in [3.63, 3.8) is 0 Å². The van der Waals surface area contributed by atoms with Crippen molar-refractivity contribution in [2.75, 3.05) is 13.1 Å². The quantitative estimate of drug-likeness (QED) is 0.486. The van der Waals surface area contributed by atoms with Crippen molar-refractivity contribution in [1.82, 2.24) is 9.62 Å². The van der Waals surface area contributed by atoms with E-state index >= 15 is 0 Å². The summed E-state index contributed by atoms with van der Waals surface area (Å²) >= 11 is 19.2. The topological polar surface area (TPSA) is 49.4 Å². The molecule has 8 heteroatoms. The highest BCUT2D eigenvalue weighted by molar-refractivity contribution is 7.89. The summed E-state index contributed by atoms with van der Waals surface area (Å²) in [4.78, 5) is 1.96. The summed E-state index contributed by atoms with van der Waals surface area (Å²) in [6.45, 7) is 4.97. The number of hydrogen-bond donors (Lipinski definition) is 1. The molecule has 0 bridgehead atoms. The number of alkyl halides is 2. The monoisotopic (exact) mass is 434 g/mol. The van der Waals surface area contributed by atoms with Gasteiger partial charge in [0.15, 0.2) is 4.33 Å². The third kappa shape index (κ3) is 4.91. The predicted octanol–water partition coefficient (Wildman–Crippen LogP) is 4.62. The summed E-state index contributed by atoms with van der Waals surface area (Å²) in [5, 5.41) is 0.456. The van der Waals surface area contributed by atoms with Crippen molar-refractivity contribution in [1.29, 1.82) is 0 Å². The summed E-state index contributed by atoms with van der Waals surface area (Å²) in [7, 11) is -3.85. The first-order valence-corrected chi connectivity index (χ1v) is 10.8. The fraction of sp³-hybridized carbons (Fsp3) is 0.333. The Balaban J connectivity index is 2.44. The van der Waals surface area contributed by atoms with Crippen molar-refractivity contribution in [3.05, 3.63) is 65.2 Å². The second kappa shape index (κ2) is 8.91. The van der Waals surface area contributed by atoms with E-state index < -0.39 is 20.5 Å². The first-order valence-electron chi connectivity index (χ1n) is 8.17. The van der Waals surface area contributed by atoms with Crippen LogP contribution in [0.15, 0.2) is 59.5 Å². The molecule has 2 rings (SSSR count). The molecule has 4 nitrogen and oxygen atoms in total. The summed E-state index contributed by atoms with van der Waals surface area (Å²) in [5.41, 5.74) is 0.610. The minimum Gasteiger partial charge on any atom is -0.285 e. The molecule has 1 atom stereocenters. The molecule has 2 aromatic carbocycles. The third-order valence-electron chi connectivity index (χ3n) is 4.07. The van der Waals surface area contributed by atoms with Gasteiger partial charge in [-0.25, -0.2) is 8.42 Å². The fourth-order valence-corrected chi connectivity index (χ4v) is 4.76. The molecule has 2 aromatic rings. The van der Waals surface area contributed by atoms with E-state index in [1.54, 1.807) is 12.1 Å². The third-order valence-corrected chi connectivity index (χ3v) is 6.60. The van der Waals surface area contributed by atoms with Gasteiger partial charge in [-0.05, 0) is 42.9 Å². The first kappa shape index (κ1) is 21.5. The van der Waals surface area contributed by atoms with Gasteiger partial charge in [-0.2, -0.15) is 4.72 Å². The van der Waals surface area contributed by atoms with E-state index in [2.05, 4.69) is 4.72 Å². The van der Waals surface area contributed by atoms with Crippen LogP contribution in [0.2, 0.25) is 5.02 Å². The zero-order chi connectivity index (χ0) is 19.4. The van der Waals surface area contributed by atoms with Gasteiger partial charge in [-0.1, -0.05) is 79.0 Å². The fourth-order valence-electron chi connectivity index (χ4n) is 2.61. The van der Waals surface area contributed by atoms with Gasteiger partial charge in [0.1, 0.15) is 6.17 Å². The minimum atomic E-state index is -3.85. The first-order chi connectivity index (χ1) is 12.2. The zero-order valence-electron chi connectivity index (χ0n) is 14.5. The van der Waals surface area contributed by atoms with Crippen molar-refractivity contribution in [2.24, 2.45) is 0 Å². The molecule has 0 heterocycles. The molecule has 0 amide bonds. The van der Waals surface area contributed by atoms with Gasteiger partial charge in [-0.3, -0.25) is 4.90 Å². The lowest BCUT2D eigenvalue weighted by Gasteiger charge is -2.38. The average molecular weight is 436 g/mol. The van der Waals surface area contributed by atoms with E-state index in [9.17, 15) is 8.42 Å². The molecule has 0 fully saturated rings. The highest BCUT2D eigenvalue weighted by Crippen LogP contribution is 2.39. The zero-order valence-corrected chi connectivity index (χ0v) is 17.6. The normalized spacial score (nSPS) is 13.8. The van der Waals surface area contributed by atoms with Gasteiger partial charge in [0.2, 0.25) is 10.0 Å². The summed E-state index contributed by atoms with van der Waals surface area (Å²) < 4.78 is 26.9. The van der Waals surface area contributed by atoms with Gasteiger partial charge in [-0.15, -0.1) is 0 Å². The Morgan fingerprint density at radius 1 is 1.00 bits per heavy atom. The standard InChI is InChI=1S/C18H21Cl3N2O2S/c1-3-23(4-2)17(18(20,21)14-8-6-5-7-9-14)22-26(24,25)16-12-10-15(19)11-13-16/h5-13,17,22H,3-4H2,1-2H3. The SMILES string of the molecule is CCN(CC)C(NS(=O)(=O)c1ccc(Cl)cc1)C(Cl)(Cl)c1ccccc1. The van der Waals surface area contributed by atoms with Crippen molar-refractivity contribution in [2.45, 2.75) is 29.2 Å². The maximum atomic E-state index is 12.9. The lowest BCUT2D eigenvalue weighted by atomic mass is 10.1. The molecule has 26 heavy (non-hydrogen) atoms. The minimum absolute atomic E-state index is 0.0938. The van der Waals surface area contributed by atoms with Crippen LogP contribution in [0, 0.1) is 0 Å². The van der Waals surface area contributed by atoms with E-state index in [1.807, 2.05) is 36.9 Å². The Morgan fingerprint density at radius 2 is 1.54 bits per heavy atom. The molecule has 142 valence electrons. The summed E-state index contributed by atoms with van der Waals surface area (Å²) in [5.74, 6) is 0. The van der Waals surface area contributed by atoms with Crippen molar-refractivity contribution >= 4 is 44.8 Å². The van der Waals surface area contributed by atoms with Crippen LogP contribution in [0.1, 0.15) is 19.4 Å². The van der Waals surface area contributed by atoms with Gasteiger partial charge >= 0.3 is 0 Å². The second-order valence-corrected chi connectivity index (χ2v) is 9.22. The number of benzene rings is 2. The molecule has 0 spiro atoms. The molecule has 0 saturated heterocycles. The van der Waals surface area contributed by atoms with Crippen LogP contribution < -0.4 is 4.72 Å². The molecule has 0 aliphatic heterocycles. The van der Waals surface area contributed by atoms with Crippen LogP contribution >= 0.6 is 34.8 Å². The summed E-state index contributed by atoms with van der Waals surface area (Å²) in [6, 6.07) is 14.9. The van der Waals surface area contributed by atoms with Gasteiger partial charge < -0.3 is 0 Å². The largest absolute Gasteiger partial charge is 0.285 e. The smallest absolute Gasteiger partial charge is 0.242 e. The number of halogens is 3. The van der Waals surface area contributed by atoms with Crippen molar-refractivity contribution in [3.8, 4) is 0 Å². The Kier molecular flexibility index (Phi) is 7.36. The molecule has 0 aliphatic rings. The maximum Gasteiger partial charge on any atom is 0.242 e. The van der Waals surface area contributed by atoms with E-state index in [-0.39, 0.29) is 4.90 Å². The molecule has 1 unspecified atom stereocenters. The highest BCUT2D eigenvalue weighted by Gasteiger charge is 2.42. The Hall–Kier alpha value is -0.820. The Bertz CT molecular complexity index is 808. The van der Waals surface area contributed by atoms with E-state index in [0.29, 0.717) is 23.7 Å². The summed E-state index contributed by atoms with van der Waals surface area (Å²) in [6.07, 6.45) is -0.857. The van der Waals surface area contributed by atoms with E-state index in [1.165, 1.54) is 24.3 Å². The van der Waals surface area contributed by atoms with E-state index in [4.69, 9.17) is 34.8 Å². The van der Waals surface area contributed by atoms with Crippen LogP contribution in [0.5, 0.6) is 0 Å².